The zero-order valence-corrected chi connectivity index (χ0v) is 13.3. The van der Waals surface area contributed by atoms with Crippen LogP contribution in [0.4, 0.5) is 23.7 Å². The molecule has 0 aliphatic rings. The summed E-state index contributed by atoms with van der Waals surface area (Å²) in [5.74, 6) is -3.73. The van der Waals surface area contributed by atoms with Crippen molar-refractivity contribution in [2.45, 2.75) is 13.8 Å². The number of amides is 2. The molecule has 0 aromatic heterocycles. The molecule has 7 heteroatoms. The van der Waals surface area contributed by atoms with Crippen LogP contribution in [-0.4, -0.2) is 19.2 Å². The van der Waals surface area contributed by atoms with Gasteiger partial charge in [0.15, 0.2) is 17.5 Å². The number of hydrogen-bond donors (Lipinski definition) is 2. The molecule has 2 amide bonds. The van der Waals surface area contributed by atoms with E-state index in [-0.39, 0.29) is 13.2 Å². The summed E-state index contributed by atoms with van der Waals surface area (Å²) in [5, 5.41) is 4.54. The molecule has 0 spiro atoms. The molecule has 128 valence electrons. The standard InChI is InChI=1S/C17H17F3N2O2/c1-10-3-4-12(9-11(10)2)24-8-7-21-17(23)22-14-6-5-13(18)15(19)16(14)20/h3-6,9H,7-8H2,1-2H3,(H2,21,22,23). The first-order valence-corrected chi connectivity index (χ1v) is 7.27. The number of aryl methyl sites for hydroxylation is 2. The molecule has 0 unspecified atom stereocenters. The number of anilines is 1. The predicted molar refractivity (Wildman–Crippen MR) is 84.7 cm³/mol. The van der Waals surface area contributed by atoms with E-state index in [9.17, 15) is 18.0 Å². The fraction of sp³-hybridized carbons (Fsp3) is 0.235. The van der Waals surface area contributed by atoms with E-state index in [1.807, 2.05) is 32.0 Å². The molecule has 2 aromatic rings. The van der Waals surface area contributed by atoms with Gasteiger partial charge in [-0.15, -0.1) is 0 Å². The Balaban J connectivity index is 1.79. The molecule has 24 heavy (non-hydrogen) atoms. The number of urea groups is 1. The van der Waals surface area contributed by atoms with Crippen LogP contribution < -0.4 is 15.4 Å². The third-order valence-electron chi connectivity index (χ3n) is 3.42. The second-order valence-corrected chi connectivity index (χ2v) is 5.20. The first-order chi connectivity index (χ1) is 11.4. The zero-order chi connectivity index (χ0) is 17.7. The minimum absolute atomic E-state index is 0.157. The Morgan fingerprint density at radius 2 is 1.79 bits per heavy atom. The Morgan fingerprint density at radius 1 is 1.04 bits per heavy atom. The molecule has 2 N–H and O–H groups in total. The van der Waals surface area contributed by atoms with Crippen LogP contribution in [0.1, 0.15) is 11.1 Å². The van der Waals surface area contributed by atoms with Crippen molar-refractivity contribution in [1.29, 1.82) is 0 Å². The number of hydrogen-bond acceptors (Lipinski definition) is 2. The topological polar surface area (TPSA) is 50.4 Å². The minimum Gasteiger partial charge on any atom is -0.492 e. The molecule has 0 fully saturated rings. The Hall–Kier alpha value is -2.70. The first kappa shape index (κ1) is 17.7. The fourth-order valence-electron chi connectivity index (χ4n) is 1.93. The van der Waals surface area contributed by atoms with Gasteiger partial charge in [-0.3, -0.25) is 0 Å². The Kier molecular flexibility index (Phi) is 5.68. The highest BCUT2D eigenvalue weighted by atomic mass is 19.2. The van der Waals surface area contributed by atoms with Gasteiger partial charge in [-0.2, -0.15) is 0 Å². The van der Waals surface area contributed by atoms with E-state index < -0.39 is 29.2 Å². The van der Waals surface area contributed by atoms with Gasteiger partial charge in [0, 0.05) is 0 Å². The molecule has 0 aliphatic heterocycles. The summed E-state index contributed by atoms with van der Waals surface area (Å²) in [7, 11) is 0. The summed E-state index contributed by atoms with van der Waals surface area (Å²) < 4.78 is 44.8. The number of halogens is 3. The maximum absolute atomic E-state index is 13.4. The van der Waals surface area contributed by atoms with E-state index in [0.29, 0.717) is 5.75 Å². The van der Waals surface area contributed by atoms with Gasteiger partial charge in [0.1, 0.15) is 12.4 Å². The summed E-state index contributed by atoms with van der Waals surface area (Å²) in [4.78, 5) is 11.6. The lowest BCUT2D eigenvalue weighted by Gasteiger charge is -2.11. The molecular weight excluding hydrogens is 321 g/mol. The number of benzene rings is 2. The van der Waals surface area contributed by atoms with Crippen molar-refractivity contribution >= 4 is 11.7 Å². The van der Waals surface area contributed by atoms with Gasteiger partial charge in [0.25, 0.3) is 0 Å². The van der Waals surface area contributed by atoms with Gasteiger partial charge in [0.05, 0.1) is 12.2 Å². The normalized spacial score (nSPS) is 10.4. The van der Waals surface area contributed by atoms with Crippen LogP contribution in [0.3, 0.4) is 0 Å². The molecule has 2 rings (SSSR count). The highest BCUT2D eigenvalue weighted by Crippen LogP contribution is 2.19. The summed E-state index contributed by atoms with van der Waals surface area (Å²) in [6.07, 6.45) is 0. The quantitative estimate of drug-likeness (QED) is 0.641. The number of carbonyl (C=O) groups is 1. The third kappa shape index (κ3) is 4.41. The van der Waals surface area contributed by atoms with Crippen LogP contribution in [0.15, 0.2) is 30.3 Å². The van der Waals surface area contributed by atoms with Crippen molar-refractivity contribution in [3.63, 3.8) is 0 Å². The van der Waals surface area contributed by atoms with Crippen LogP contribution in [0.5, 0.6) is 5.75 Å². The summed E-state index contributed by atoms with van der Waals surface area (Å²) in [6, 6.07) is 6.56. The molecular formula is C17H17F3N2O2. The molecule has 0 saturated carbocycles. The van der Waals surface area contributed by atoms with Crippen molar-refractivity contribution in [2.75, 3.05) is 18.5 Å². The molecule has 0 aliphatic carbocycles. The average Bonchev–Trinajstić information content (AvgIpc) is 2.55. The molecule has 0 bridgehead atoms. The monoisotopic (exact) mass is 338 g/mol. The van der Waals surface area contributed by atoms with Crippen molar-refractivity contribution in [3.05, 3.63) is 58.9 Å². The van der Waals surface area contributed by atoms with Crippen molar-refractivity contribution in [1.82, 2.24) is 5.32 Å². The fourth-order valence-corrected chi connectivity index (χ4v) is 1.93. The Labute approximate surface area is 137 Å². The average molecular weight is 338 g/mol. The number of nitrogens with one attached hydrogen (secondary N) is 2. The van der Waals surface area contributed by atoms with E-state index >= 15 is 0 Å². The SMILES string of the molecule is Cc1ccc(OCCNC(=O)Nc2ccc(F)c(F)c2F)cc1C. The Bertz CT molecular complexity index is 751. The summed E-state index contributed by atoms with van der Waals surface area (Å²) in [6.45, 7) is 4.31. The van der Waals surface area contributed by atoms with E-state index in [2.05, 4.69) is 10.6 Å². The van der Waals surface area contributed by atoms with Gasteiger partial charge >= 0.3 is 6.03 Å². The van der Waals surface area contributed by atoms with Gasteiger partial charge in [-0.05, 0) is 49.2 Å². The maximum atomic E-state index is 13.4. The van der Waals surface area contributed by atoms with E-state index in [1.165, 1.54) is 0 Å². The number of rotatable bonds is 5. The lowest BCUT2D eigenvalue weighted by molar-refractivity contribution is 0.247. The minimum atomic E-state index is -1.63. The van der Waals surface area contributed by atoms with E-state index in [1.54, 1.807) is 0 Å². The highest BCUT2D eigenvalue weighted by Gasteiger charge is 2.14. The lowest BCUT2D eigenvalue weighted by atomic mass is 10.1. The summed E-state index contributed by atoms with van der Waals surface area (Å²) in [5.41, 5.74) is 1.79. The van der Waals surface area contributed by atoms with E-state index in [4.69, 9.17) is 4.74 Å². The van der Waals surface area contributed by atoms with Crippen LogP contribution in [0.25, 0.3) is 0 Å². The maximum Gasteiger partial charge on any atom is 0.319 e. The van der Waals surface area contributed by atoms with E-state index in [0.717, 1.165) is 23.3 Å². The van der Waals surface area contributed by atoms with Crippen LogP contribution in [-0.2, 0) is 0 Å². The molecule has 0 radical (unpaired) electrons. The second kappa shape index (κ2) is 7.72. The Morgan fingerprint density at radius 3 is 2.50 bits per heavy atom. The zero-order valence-electron chi connectivity index (χ0n) is 13.3. The van der Waals surface area contributed by atoms with Crippen LogP contribution in [0, 0.1) is 31.3 Å². The highest BCUT2D eigenvalue weighted by molar-refractivity contribution is 5.89. The van der Waals surface area contributed by atoms with Crippen molar-refractivity contribution in [3.8, 4) is 5.75 Å². The van der Waals surface area contributed by atoms with Gasteiger partial charge in [0.2, 0.25) is 0 Å². The third-order valence-corrected chi connectivity index (χ3v) is 3.42. The van der Waals surface area contributed by atoms with Crippen molar-refractivity contribution < 1.29 is 22.7 Å². The molecule has 4 nitrogen and oxygen atoms in total. The van der Waals surface area contributed by atoms with Crippen LogP contribution >= 0.6 is 0 Å². The lowest BCUT2D eigenvalue weighted by Crippen LogP contribution is -2.32. The molecule has 0 atom stereocenters. The summed E-state index contributed by atoms with van der Waals surface area (Å²) >= 11 is 0. The van der Waals surface area contributed by atoms with Crippen LogP contribution in [0.2, 0.25) is 0 Å². The molecule has 2 aromatic carbocycles. The van der Waals surface area contributed by atoms with Gasteiger partial charge in [-0.1, -0.05) is 6.07 Å². The first-order valence-electron chi connectivity index (χ1n) is 7.27. The molecule has 0 heterocycles. The number of ether oxygens (including phenoxy) is 1. The predicted octanol–water partition coefficient (Wildman–Crippen LogP) is 3.92. The van der Waals surface area contributed by atoms with Gasteiger partial charge in [-0.25, -0.2) is 18.0 Å². The molecule has 0 saturated heterocycles. The number of carbonyl (C=O) groups excluding carboxylic acids is 1. The largest absolute Gasteiger partial charge is 0.492 e. The smallest absolute Gasteiger partial charge is 0.319 e. The van der Waals surface area contributed by atoms with Crippen molar-refractivity contribution in [2.24, 2.45) is 0 Å². The van der Waals surface area contributed by atoms with Gasteiger partial charge < -0.3 is 15.4 Å². The second-order valence-electron chi connectivity index (χ2n) is 5.20.